The van der Waals surface area contributed by atoms with Crippen LogP contribution in [-0.2, 0) is 7.05 Å². The van der Waals surface area contributed by atoms with Gasteiger partial charge in [-0.25, -0.2) is 4.99 Å². The predicted octanol–water partition coefficient (Wildman–Crippen LogP) is 4.72. The summed E-state index contributed by atoms with van der Waals surface area (Å²) in [7, 11) is 5.71. The Kier molecular flexibility index (Phi) is 4.74. The van der Waals surface area contributed by atoms with Gasteiger partial charge < -0.3 is 9.47 Å². The molecule has 1 heterocycles. The van der Waals surface area contributed by atoms with E-state index in [0.717, 1.165) is 10.9 Å². The molecule has 0 spiro atoms. The van der Waals surface area contributed by atoms with Crippen LogP contribution in [0.5, 0.6) is 0 Å². The van der Waals surface area contributed by atoms with Gasteiger partial charge in [0, 0.05) is 38.7 Å². The Balaban J connectivity index is 2.05. The second-order valence-corrected chi connectivity index (χ2v) is 5.93. The maximum absolute atomic E-state index is 10.7. The number of hydrogen-bond acceptors (Lipinski definition) is 5. The third kappa shape index (κ3) is 3.44. The van der Waals surface area contributed by atoms with Crippen molar-refractivity contribution in [2.45, 2.75) is 0 Å². The standard InChI is InChI=1S/C18H18N6O2/c1-22(2)12-19-18-17(15-6-4-5-7-16(15)23(18)3)21-20-13-8-10-14(11-9-13)24(25)26/h4-12H,1-3H3. The van der Waals surface area contributed by atoms with Crippen LogP contribution in [0.2, 0.25) is 0 Å². The molecule has 1 aromatic heterocycles. The molecule has 0 saturated carbocycles. The molecule has 0 atom stereocenters. The fourth-order valence-electron chi connectivity index (χ4n) is 2.53. The molecule has 0 radical (unpaired) electrons. The number of nitro benzene ring substituents is 1. The summed E-state index contributed by atoms with van der Waals surface area (Å²) in [4.78, 5) is 16.7. The molecule has 0 aliphatic rings. The molecular formula is C18H18N6O2. The SMILES string of the molecule is CN(C)C=Nc1c(N=Nc2ccc([N+](=O)[O-])cc2)c2ccccc2n1C. The first-order valence-electron chi connectivity index (χ1n) is 7.91. The topological polar surface area (TPSA) is 88.4 Å². The number of aryl methyl sites for hydroxylation is 1. The van der Waals surface area contributed by atoms with Crippen molar-refractivity contribution in [1.29, 1.82) is 0 Å². The van der Waals surface area contributed by atoms with Crippen molar-refractivity contribution in [3.8, 4) is 0 Å². The van der Waals surface area contributed by atoms with E-state index >= 15 is 0 Å². The van der Waals surface area contributed by atoms with Crippen molar-refractivity contribution in [1.82, 2.24) is 9.47 Å². The number of non-ortho nitro benzene ring substituents is 1. The number of nitrogens with zero attached hydrogens (tertiary/aromatic N) is 6. The molecule has 0 unspecified atom stereocenters. The normalized spacial score (nSPS) is 11.7. The number of hydrogen-bond donors (Lipinski definition) is 0. The lowest BCUT2D eigenvalue weighted by molar-refractivity contribution is -0.384. The van der Waals surface area contributed by atoms with Gasteiger partial charge >= 0.3 is 0 Å². The number of rotatable bonds is 5. The molecule has 0 saturated heterocycles. The molecule has 0 N–H and O–H groups in total. The van der Waals surface area contributed by atoms with Crippen molar-refractivity contribution in [3.05, 3.63) is 58.6 Å². The third-order valence-corrected chi connectivity index (χ3v) is 3.79. The molecule has 26 heavy (non-hydrogen) atoms. The molecule has 132 valence electrons. The van der Waals surface area contributed by atoms with E-state index < -0.39 is 4.92 Å². The summed E-state index contributed by atoms with van der Waals surface area (Å²) < 4.78 is 1.96. The summed E-state index contributed by atoms with van der Waals surface area (Å²) in [6.07, 6.45) is 1.71. The van der Waals surface area contributed by atoms with Crippen molar-refractivity contribution in [3.63, 3.8) is 0 Å². The monoisotopic (exact) mass is 350 g/mol. The van der Waals surface area contributed by atoms with Crippen LogP contribution in [0.25, 0.3) is 10.9 Å². The van der Waals surface area contributed by atoms with Crippen molar-refractivity contribution < 1.29 is 4.92 Å². The first-order chi connectivity index (χ1) is 12.5. The number of nitro groups is 1. The Labute approximate surface area is 150 Å². The Bertz CT molecular complexity index is 1000. The van der Waals surface area contributed by atoms with E-state index in [0.29, 0.717) is 17.2 Å². The number of fused-ring (bicyclic) bond motifs is 1. The van der Waals surface area contributed by atoms with Crippen LogP contribution in [-0.4, -0.2) is 34.8 Å². The second-order valence-electron chi connectivity index (χ2n) is 5.93. The smallest absolute Gasteiger partial charge is 0.269 e. The zero-order valence-electron chi connectivity index (χ0n) is 14.7. The van der Waals surface area contributed by atoms with Crippen LogP contribution in [0.4, 0.5) is 22.9 Å². The number of aromatic nitrogens is 1. The zero-order chi connectivity index (χ0) is 18.7. The highest BCUT2D eigenvalue weighted by Crippen LogP contribution is 2.39. The van der Waals surface area contributed by atoms with Gasteiger partial charge in [0.05, 0.1) is 22.5 Å². The molecule has 0 aliphatic heterocycles. The van der Waals surface area contributed by atoms with Crippen LogP contribution < -0.4 is 0 Å². The van der Waals surface area contributed by atoms with E-state index in [1.807, 2.05) is 54.9 Å². The molecule has 0 fully saturated rings. The highest BCUT2D eigenvalue weighted by molar-refractivity contribution is 5.98. The molecule has 3 rings (SSSR count). The average molecular weight is 350 g/mol. The van der Waals surface area contributed by atoms with E-state index in [1.165, 1.54) is 12.1 Å². The minimum atomic E-state index is -0.445. The largest absolute Gasteiger partial charge is 0.369 e. The third-order valence-electron chi connectivity index (χ3n) is 3.79. The molecule has 0 aliphatic carbocycles. The predicted molar refractivity (Wildman–Crippen MR) is 102 cm³/mol. The van der Waals surface area contributed by atoms with Gasteiger partial charge in [0.1, 0.15) is 5.69 Å². The first kappa shape index (κ1) is 17.3. The number of aliphatic imine (C=N–C) groups is 1. The fraction of sp³-hybridized carbons (Fsp3) is 0.167. The summed E-state index contributed by atoms with van der Waals surface area (Å²) in [5.41, 5.74) is 2.20. The number of benzene rings is 2. The van der Waals surface area contributed by atoms with E-state index in [2.05, 4.69) is 15.2 Å². The van der Waals surface area contributed by atoms with Gasteiger partial charge in [-0.2, -0.15) is 5.11 Å². The Morgan fingerprint density at radius 2 is 1.77 bits per heavy atom. The quantitative estimate of drug-likeness (QED) is 0.219. The van der Waals surface area contributed by atoms with Crippen LogP contribution in [0.1, 0.15) is 0 Å². The van der Waals surface area contributed by atoms with Gasteiger partial charge in [0.15, 0.2) is 5.82 Å². The van der Waals surface area contributed by atoms with Crippen molar-refractivity contribution in [2.75, 3.05) is 14.1 Å². The van der Waals surface area contributed by atoms with E-state index in [-0.39, 0.29) is 5.69 Å². The Morgan fingerprint density at radius 1 is 1.08 bits per heavy atom. The highest BCUT2D eigenvalue weighted by atomic mass is 16.6. The highest BCUT2D eigenvalue weighted by Gasteiger charge is 2.14. The summed E-state index contributed by atoms with van der Waals surface area (Å²) in [5, 5.41) is 20.3. The first-order valence-corrected chi connectivity index (χ1v) is 7.91. The minimum absolute atomic E-state index is 0.0189. The van der Waals surface area contributed by atoms with Crippen LogP contribution >= 0.6 is 0 Å². The van der Waals surface area contributed by atoms with Crippen LogP contribution in [0, 0.1) is 10.1 Å². The van der Waals surface area contributed by atoms with Gasteiger partial charge in [-0.1, -0.05) is 18.2 Å². The average Bonchev–Trinajstić information content (AvgIpc) is 2.90. The molecular weight excluding hydrogens is 332 g/mol. The fourth-order valence-corrected chi connectivity index (χ4v) is 2.53. The van der Waals surface area contributed by atoms with Crippen LogP contribution in [0.15, 0.2) is 63.8 Å². The Morgan fingerprint density at radius 3 is 2.42 bits per heavy atom. The van der Waals surface area contributed by atoms with Gasteiger partial charge in [0.2, 0.25) is 0 Å². The maximum Gasteiger partial charge on any atom is 0.269 e. The second kappa shape index (κ2) is 7.14. The summed E-state index contributed by atoms with van der Waals surface area (Å²) in [5.74, 6) is 0.686. The zero-order valence-corrected chi connectivity index (χ0v) is 14.7. The molecule has 0 amide bonds. The summed E-state index contributed by atoms with van der Waals surface area (Å²) in [6, 6.07) is 13.8. The molecule has 2 aromatic carbocycles. The Hall–Kier alpha value is -3.55. The molecule has 8 heteroatoms. The number of para-hydroxylation sites is 1. The lowest BCUT2D eigenvalue weighted by atomic mass is 10.2. The van der Waals surface area contributed by atoms with Gasteiger partial charge in [-0.05, 0) is 18.2 Å². The summed E-state index contributed by atoms with van der Waals surface area (Å²) >= 11 is 0. The molecule has 0 bridgehead atoms. The number of azo groups is 1. The maximum atomic E-state index is 10.7. The lowest BCUT2D eigenvalue weighted by Crippen LogP contribution is -2.07. The van der Waals surface area contributed by atoms with Crippen molar-refractivity contribution >= 4 is 40.1 Å². The lowest BCUT2D eigenvalue weighted by Gasteiger charge is -2.03. The van der Waals surface area contributed by atoms with E-state index in [1.54, 1.807) is 18.5 Å². The van der Waals surface area contributed by atoms with Gasteiger partial charge in [-0.3, -0.25) is 10.1 Å². The summed E-state index contributed by atoms with van der Waals surface area (Å²) in [6.45, 7) is 0. The van der Waals surface area contributed by atoms with E-state index in [9.17, 15) is 10.1 Å². The van der Waals surface area contributed by atoms with Crippen molar-refractivity contribution in [2.24, 2.45) is 22.3 Å². The van der Waals surface area contributed by atoms with E-state index in [4.69, 9.17) is 0 Å². The van der Waals surface area contributed by atoms with Gasteiger partial charge in [0.25, 0.3) is 5.69 Å². The van der Waals surface area contributed by atoms with Gasteiger partial charge in [-0.15, -0.1) is 5.11 Å². The molecule has 3 aromatic rings. The molecule has 8 nitrogen and oxygen atoms in total. The minimum Gasteiger partial charge on any atom is -0.369 e. The van der Waals surface area contributed by atoms with Crippen LogP contribution in [0.3, 0.4) is 0 Å².